The number of carbonyl (C=O) groups excluding carboxylic acids is 1. The highest BCUT2D eigenvalue weighted by molar-refractivity contribution is 7.92. The van der Waals surface area contributed by atoms with Crippen LogP contribution >= 0.6 is 11.3 Å². The number of carbonyl (C=O) groups is 1. The van der Waals surface area contributed by atoms with Crippen LogP contribution in [0.5, 0.6) is 0 Å². The molecule has 0 fully saturated rings. The lowest BCUT2D eigenvalue weighted by molar-refractivity contribution is 0.102. The number of hydrogen-bond donors (Lipinski definition) is 2. The van der Waals surface area contributed by atoms with E-state index in [2.05, 4.69) is 10.0 Å². The fraction of sp³-hybridized carbons (Fsp3) is 0.231. The van der Waals surface area contributed by atoms with E-state index < -0.39 is 15.9 Å². The maximum atomic E-state index is 13.2. The van der Waals surface area contributed by atoms with Crippen LogP contribution in [0.3, 0.4) is 0 Å². The van der Waals surface area contributed by atoms with Crippen molar-refractivity contribution in [3.8, 4) is 0 Å². The molecule has 9 heteroatoms. The zero-order chi connectivity index (χ0) is 25.5. The fourth-order valence-electron chi connectivity index (χ4n) is 3.90. The van der Waals surface area contributed by atoms with Crippen molar-refractivity contribution in [2.75, 3.05) is 10.0 Å². The standard InChI is InChI=1S/C26H27N3O4S2/c1-15(2)29-22-12-11-20(14-23(22)34-26(29)31)27-25(30)19-10-9-17(4)24(13-19)35(32,33)28-21-8-6-7-16(3)18(21)5/h6-15,28H,1-5H3,(H,27,30). The molecule has 1 amide bonds. The number of anilines is 2. The van der Waals surface area contributed by atoms with E-state index in [1.54, 1.807) is 47.9 Å². The number of fused-ring (bicyclic) bond motifs is 1. The molecule has 182 valence electrons. The van der Waals surface area contributed by atoms with Crippen molar-refractivity contribution in [1.82, 2.24) is 4.57 Å². The van der Waals surface area contributed by atoms with Crippen LogP contribution in [-0.2, 0) is 10.0 Å². The number of aromatic nitrogens is 1. The third-order valence-corrected chi connectivity index (χ3v) is 8.40. The second-order valence-electron chi connectivity index (χ2n) is 8.80. The van der Waals surface area contributed by atoms with Crippen LogP contribution < -0.4 is 14.9 Å². The molecule has 4 rings (SSSR count). The third kappa shape index (κ3) is 4.87. The van der Waals surface area contributed by atoms with Gasteiger partial charge in [-0.1, -0.05) is 29.5 Å². The Labute approximate surface area is 208 Å². The van der Waals surface area contributed by atoms with Gasteiger partial charge in [0.1, 0.15) is 0 Å². The molecule has 0 saturated carbocycles. The SMILES string of the molecule is Cc1ccc(C(=O)Nc2ccc3c(c2)sc(=O)n3C(C)C)cc1S(=O)(=O)Nc1cccc(C)c1C. The Kier molecular flexibility index (Phi) is 6.57. The molecule has 1 heterocycles. The Morgan fingerprint density at radius 3 is 2.43 bits per heavy atom. The number of rotatable bonds is 6. The average molecular weight is 510 g/mol. The van der Waals surface area contributed by atoms with E-state index in [-0.39, 0.29) is 21.4 Å². The summed E-state index contributed by atoms with van der Waals surface area (Å²) in [6.07, 6.45) is 0. The Bertz CT molecular complexity index is 1620. The summed E-state index contributed by atoms with van der Waals surface area (Å²) in [5.74, 6) is -0.442. The first kappa shape index (κ1) is 24.7. The number of sulfonamides is 1. The summed E-state index contributed by atoms with van der Waals surface area (Å²) in [5.41, 5.74) is 4.39. The van der Waals surface area contributed by atoms with Crippen LogP contribution in [0.25, 0.3) is 10.2 Å². The summed E-state index contributed by atoms with van der Waals surface area (Å²) in [6, 6.07) is 15.3. The maximum Gasteiger partial charge on any atom is 0.308 e. The van der Waals surface area contributed by atoms with Crippen molar-refractivity contribution in [2.45, 2.75) is 45.6 Å². The van der Waals surface area contributed by atoms with Gasteiger partial charge < -0.3 is 5.32 Å². The zero-order valence-electron chi connectivity index (χ0n) is 20.2. The molecular weight excluding hydrogens is 482 g/mol. The minimum absolute atomic E-state index is 0.0295. The zero-order valence-corrected chi connectivity index (χ0v) is 21.8. The minimum Gasteiger partial charge on any atom is -0.322 e. The Morgan fingerprint density at radius 2 is 1.71 bits per heavy atom. The van der Waals surface area contributed by atoms with E-state index in [1.165, 1.54) is 6.07 Å². The van der Waals surface area contributed by atoms with Crippen molar-refractivity contribution >= 4 is 48.9 Å². The van der Waals surface area contributed by atoms with Gasteiger partial charge in [0.15, 0.2) is 0 Å². The van der Waals surface area contributed by atoms with Crippen LogP contribution in [0, 0.1) is 20.8 Å². The van der Waals surface area contributed by atoms with Crippen LogP contribution in [0.15, 0.2) is 64.3 Å². The molecule has 0 aliphatic rings. The van der Waals surface area contributed by atoms with E-state index >= 15 is 0 Å². The van der Waals surface area contributed by atoms with Gasteiger partial charge in [-0.2, -0.15) is 0 Å². The predicted octanol–water partition coefficient (Wildman–Crippen LogP) is 5.62. The van der Waals surface area contributed by atoms with Gasteiger partial charge in [0.2, 0.25) is 0 Å². The van der Waals surface area contributed by atoms with Crippen LogP contribution in [-0.4, -0.2) is 18.9 Å². The fourth-order valence-corrected chi connectivity index (χ4v) is 6.35. The van der Waals surface area contributed by atoms with E-state index in [0.717, 1.165) is 32.7 Å². The molecule has 3 aromatic carbocycles. The molecule has 7 nitrogen and oxygen atoms in total. The summed E-state index contributed by atoms with van der Waals surface area (Å²) < 4.78 is 31.5. The molecule has 35 heavy (non-hydrogen) atoms. The van der Waals surface area contributed by atoms with Gasteiger partial charge in [-0.3, -0.25) is 18.9 Å². The van der Waals surface area contributed by atoms with Crippen LogP contribution in [0.4, 0.5) is 11.4 Å². The monoisotopic (exact) mass is 509 g/mol. The van der Waals surface area contributed by atoms with E-state index in [9.17, 15) is 18.0 Å². The van der Waals surface area contributed by atoms with Gasteiger partial charge in [0.05, 0.1) is 20.8 Å². The number of amides is 1. The average Bonchev–Trinajstić information content (AvgIpc) is 3.12. The summed E-state index contributed by atoms with van der Waals surface area (Å²) in [4.78, 5) is 25.3. The molecule has 0 atom stereocenters. The van der Waals surface area contributed by atoms with Crippen molar-refractivity contribution in [2.24, 2.45) is 0 Å². The highest BCUT2D eigenvalue weighted by Crippen LogP contribution is 2.26. The summed E-state index contributed by atoms with van der Waals surface area (Å²) in [6.45, 7) is 9.35. The molecule has 0 spiro atoms. The molecule has 0 bridgehead atoms. The lowest BCUT2D eigenvalue weighted by Gasteiger charge is -2.14. The van der Waals surface area contributed by atoms with E-state index in [4.69, 9.17) is 0 Å². The number of benzene rings is 3. The van der Waals surface area contributed by atoms with Crippen molar-refractivity contribution in [3.63, 3.8) is 0 Å². The summed E-state index contributed by atoms with van der Waals surface area (Å²) >= 11 is 1.12. The lowest BCUT2D eigenvalue weighted by Crippen LogP contribution is -2.17. The highest BCUT2D eigenvalue weighted by atomic mass is 32.2. The van der Waals surface area contributed by atoms with Gasteiger partial charge in [-0.15, -0.1) is 0 Å². The first-order valence-corrected chi connectivity index (χ1v) is 13.4. The summed E-state index contributed by atoms with van der Waals surface area (Å²) in [7, 11) is -3.92. The van der Waals surface area contributed by atoms with Crippen molar-refractivity contribution in [1.29, 1.82) is 0 Å². The third-order valence-electron chi connectivity index (χ3n) is 5.98. The predicted molar refractivity (Wildman–Crippen MR) is 142 cm³/mol. The molecule has 0 saturated heterocycles. The first-order valence-electron chi connectivity index (χ1n) is 11.1. The van der Waals surface area contributed by atoms with Gasteiger partial charge in [0.25, 0.3) is 15.9 Å². The molecule has 0 unspecified atom stereocenters. The van der Waals surface area contributed by atoms with Gasteiger partial charge in [-0.25, -0.2) is 8.42 Å². The van der Waals surface area contributed by atoms with Crippen LogP contribution in [0.2, 0.25) is 0 Å². The second-order valence-corrected chi connectivity index (χ2v) is 11.4. The minimum atomic E-state index is -3.92. The topological polar surface area (TPSA) is 97.3 Å². The van der Waals surface area contributed by atoms with Crippen molar-refractivity contribution in [3.05, 3.63) is 86.5 Å². The molecular formula is C26H27N3O4S2. The van der Waals surface area contributed by atoms with E-state index in [0.29, 0.717) is 16.9 Å². The number of nitrogens with one attached hydrogen (secondary N) is 2. The molecule has 1 aromatic heterocycles. The Balaban J connectivity index is 1.62. The smallest absolute Gasteiger partial charge is 0.308 e. The number of hydrogen-bond acceptors (Lipinski definition) is 5. The van der Waals surface area contributed by atoms with Gasteiger partial charge in [0, 0.05) is 17.3 Å². The molecule has 0 radical (unpaired) electrons. The first-order chi connectivity index (χ1) is 16.5. The lowest BCUT2D eigenvalue weighted by atomic mass is 10.1. The Hall–Kier alpha value is -3.43. The van der Waals surface area contributed by atoms with Crippen LogP contribution in [0.1, 0.15) is 46.9 Å². The number of thiazole rings is 1. The molecule has 2 N–H and O–H groups in total. The van der Waals surface area contributed by atoms with Gasteiger partial charge >= 0.3 is 4.87 Å². The molecule has 0 aliphatic carbocycles. The highest BCUT2D eigenvalue weighted by Gasteiger charge is 2.21. The molecule has 0 aliphatic heterocycles. The number of nitrogens with zero attached hydrogens (tertiary/aromatic N) is 1. The largest absolute Gasteiger partial charge is 0.322 e. The Morgan fingerprint density at radius 1 is 0.971 bits per heavy atom. The normalized spacial score (nSPS) is 11.7. The van der Waals surface area contributed by atoms with Crippen molar-refractivity contribution < 1.29 is 13.2 Å². The number of aryl methyl sites for hydroxylation is 2. The second kappa shape index (κ2) is 9.31. The van der Waals surface area contributed by atoms with E-state index in [1.807, 2.05) is 39.8 Å². The van der Waals surface area contributed by atoms with Gasteiger partial charge in [-0.05, 0) is 87.7 Å². The molecule has 4 aromatic rings. The maximum absolute atomic E-state index is 13.2. The quantitative estimate of drug-likeness (QED) is 0.352. The summed E-state index contributed by atoms with van der Waals surface area (Å²) in [5, 5.41) is 2.81.